The van der Waals surface area contributed by atoms with Gasteiger partial charge in [-0.3, -0.25) is 0 Å². The van der Waals surface area contributed by atoms with Crippen molar-refractivity contribution >= 4 is 0 Å². The lowest BCUT2D eigenvalue weighted by Gasteiger charge is -2.09. The highest BCUT2D eigenvalue weighted by Crippen LogP contribution is 2.16. The van der Waals surface area contributed by atoms with Crippen LogP contribution in [0.2, 0.25) is 0 Å². The van der Waals surface area contributed by atoms with Crippen LogP contribution in [0.4, 0.5) is 0 Å². The van der Waals surface area contributed by atoms with Crippen LogP contribution in [0, 0.1) is 0 Å². The van der Waals surface area contributed by atoms with Gasteiger partial charge in [-0.1, -0.05) is 27.7 Å². The molecule has 22 heavy (non-hydrogen) atoms. The molecule has 1 aliphatic heterocycles. The summed E-state index contributed by atoms with van der Waals surface area (Å²) in [5, 5.41) is 1.62. The molecule has 0 aromatic rings. The molecule has 0 aromatic carbocycles. The van der Waals surface area contributed by atoms with Crippen molar-refractivity contribution in [3.63, 3.8) is 0 Å². The molecular weight excluding hydrogens is 286 g/mol. The van der Waals surface area contributed by atoms with E-state index >= 15 is 0 Å². The molecule has 0 amide bonds. The number of nitrogens with zero attached hydrogens (tertiary/aromatic N) is 1. The Bertz CT molecular complexity index is 182. The molecule has 1 fully saturated rings. The lowest BCUT2D eigenvalue weighted by atomic mass is 10.2. The van der Waals surface area contributed by atoms with Gasteiger partial charge in [0.15, 0.2) is 0 Å². The summed E-state index contributed by atoms with van der Waals surface area (Å²) in [6, 6.07) is 0. The molecule has 1 saturated heterocycles. The van der Waals surface area contributed by atoms with Gasteiger partial charge in [0, 0.05) is 34.7 Å². The van der Waals surface area contributed by atoms with Crippen molar-refractivity contribution in [1.29, 1.82) is 0 Å². The minimum atomic E-state index is 0.206. The van der Waals surface area contributed by atoms with Crippen LogP contribution in [0.3, 0.4) is 0 Å². The van der Waals surface area contributed by atoms with E-state index in [-0.39, 0.29) is 12.2 Å². The third-order valence-corrected chi connectivity index (χ3v) is 2.40. The quantitative estimate of drug-likeness (QED) is 0.530. The van der Waals surface area contributed by atoms with E-state index in [0.717, 1.165) is 6.42 Å². The molecule has 6 nitrogen and oxygen atoms in total. The highest BCUT2D eigenvalue weighted by molar-refractivity contribution is 4.73. The lowest BCUT2D eigenvalue weighted by Crippen LogP contribution is -2.17. The Kier molecular flexibility index (Phi) is 27.9. The first-order valence-corrected chi connectivity index (χ1v) is 8.06. The normalized spacial score (nSPS) is 19.4. The molecular formula is C16H39NO5. The fraction of sp³-hybridized carbons (Fsp3) is 1.00. The second-order valence-corrected chi connectivity index (χ2v) is 4.13. The van der Waals surface area contributed by atoms with Gasteiger partial charge in [0.05, 0.1) is 45.7 Å². The Balaban J connectivity index is -0.000000338. The van der Waals surface area contributed by atoms with Gasteiger partial charge in [0.1, 0.15) is 0 Å². The standard InChI is InChI=1S/C9H18O4.C3H9NO.2C2H6/c1-10-3-4-12-9-5-8(6-11-2)13-7-9;1-4(2)5-3;2*1-2/h8-9H,3-7H2,1-2H3;1-3H3;2*1-2H3. The minimum absolute atomic E-state index is 0.206. The Morgan fingerprint density at radius 3 is 1.91 bits per heavy atom. The molecule has 1 rings (SSSR count). The Morgan fingerprint density at radius 2 is 1.50 bits per heavy atom. The van der Waals surface area contributed by atoms with Crippen molar-refractivity contribution in [3.05, 3.63) is 0 Å². The fourth-order valence-corrected chi connectivity index (χ4v) is 1.39. The first kappa shape index (κ1) is 26.6. The SMILES string of the molecule is CC.CC.COCCOC1COC(COC)C1.CON(C)C. The van der Waals surface area contributed by atoms with E-state index in [2.05, 4.69) is 4.84 Å². The van der Waals surface area contributed by atoms with Crippen molar-refractivity contribution in [3.8, 4) is 0 Å². The highest BCUT2D eigenvalue weighted by Gasteiger charge is 2.25. The predicted octanol–water partition coefficient (Wildman–Crippen LogP) is 2.62. The van der Waals surface area contributed by atoms with Crippen LogP contribution >= 0.6 is 0 Å². The van der Waals surface area contributed by atoms with E-state index in [4.69, 9.17) is 18.9 Å². The molecule has 0 aliphatic carbocycles. The number of hydrogen-bond acceptors (Lipinski definition) is 6. The van der Waals surface area contributed by atoms with Crippen LogP contribution in [-0.2, 0) is 23.8 Å². The maximum atomic E-state index is 5.51. The van der Waals surface area contributed by atoms with Gasteiger partial charge >= 0.3 is 0 Å². The first-order valence-electron chi connectivity index (χ1n) is 8.06. The minimum Gasteiger partial charge on any atom is -0.382 e. The number of ether oxygens (including phenoxy) is 4. The number of hydroxylamine groups is 2. The summed E-state index contributed by atoms with van der Waals surface area (Å²) in [7, 11) is 8.64. The molecule has 0 bridgehead atoms. The molecule has 138 valence electrons. The summed E-state index contributed by atoms with van der Waals surface area (Å²) in [5.41, 5.74) is 0. The van der Waals surface area contributed by atoms with Gasteiger partial charge in [-0.2, -0.15) is 5.06 Å². The number of rotatable bonds is 7. The van der Waals surface area contributed by atoms with Crippen molar-refractivity contribution in [2.75, 3.05) is 61.9 Å². The van der Waals surface area contributed by atoms with E-state index < -0.39 is 0 Å². The molecule has 2 unspecified atom stereocenters. The molecule has 1 aliphatic rings. The zero-order valence-corrected chi connectivity index (χ0v) is 16.2. The second kappa shape index (κ2) is 23.0. The van der Waals surface area contributed by atoms with Gasteiger partial charge in [-0.25, -0.2) is 0 Å². The molecule has 1 heterocycles. The van der Waals surface area contributed by atoms with E-state index in [0.29, 0.717) is 26.4 Å². The predicted molar refractivity (Wildman–Crippen MR) is 91.2 cm³/mol. The van der Waals surface area contributed by atoms with Gasteiger partial charge in [0.2, 0.25) is 0 Å². The van der Waals surface area contributed by atoms with Crippen LogP contribution in [0.15, 0.2) is 0 Å². The van der Waals surface area contributed by atoms with E-state index in [1.54, 1.807) is 26.4 Å². The second-order valence-electron chi connectivity index (χ2n) is 4.13. The number of methoxy groups -OCH3 is 2. The largest absolute Gasteiger partial charge is 0.382 e. The lowest BCUT2D eigenvalue weighted by molar-refractivity contribution is -0.0855. The smallest absolute Gasteiger partial charge is 0.0835 e. The average molecular weight is 325 g/mol. The zero-order valence-electron chi connectivity index (χ0n) is 16.2. The summed E-state index contributed by atoms with van der Waals surface area (Å²) in [6.45, 7) is 10.6. The summed E-state index contributed by atoms with van der Waals surface area (Å²) in [6.07, 6.45) is 1.35. The summed E-state index contributed by atoms with van der Waals surface area (Å²) >= 11 is 0. The van der Waals surface area contributed by atoms with Crippen LogP contribution in [0.1, 0.15) is 34.1 Å². The highest BCUT2D eigenvalue weighted by atomic mass is 16.7. The fourth-order valence-electron chi connectivity index (χ4n) is 1.39. The molecule has 0 radical (unpaired) electrons. The molecule has 0 spiro atoms. The Morgan fingerprint density at radius 1 is 0.955 bits per heavy atom. The summed E-state index contributed by atoms with van der Waals surface area (Å²) in [4.78, 5) is 4.58. The molecule has 0 N–H and O–H groups in total. The van der Waals surface area contributed by atoms with Gasteiger partial charge in [-0.05, 0) is 0 Å². The van der Waals surface area contributed by atoms with Gasteiger partial charge < -0.3 is 23.8 Å². The maximum absolute atomic E-state index is 5.51. The molecule has 0 saturated carbocycles. The third kappa shape index (κ3) is 19.8. The first-order chi connectivity index (χ1) is 10.6. The molecule has 0 aromatic heterocycles. The van der Waals surface area contributed by atoms with Gasteiger partial charge in [0.25, 0.3) is 0 Å². The molecule has 2 atom stereocenters. The topological polar surface area (TPSA) is 49.4 Å². The van der Waals surface area contributed by atoms with E-state index in [1.165, 1.54) is 0 Å². The summed E-state index contributed by atoms with van der Waals surface area (Å²) in [5.74, 6) is 0. The van der Waals surface area contributed by atoms with Crippen molar-refractivity contribution in [1.82, 2.24) is 5.06 Å². The van der Waals surface area contributed by atoms with Crippen LogP contribution in [0.5, 0.6) is 0 Å². The molecule has 6 heteroatoms. The van der Waals surface area contributed by atoms with Crippen molar-refractivity contribution < 1.29 is 23.8 Å². The Labute approximate surface area is 138 Å². The van der Waals surface area contributed by atoms with Gasteiger partial charge in [-0.15, -0.1) is 0 Å². The number of hydrogen-bond donors (Lipinski definition) is 0. The zero-order chi connectivity index (χ0) is 17.8. The van der Waals surface area contributed by atoms with E-state index in [1.807, 2.05) is 41.8 Å². The monoisotopic (exact) mass is 325 g/mol. The average Bonchev–Trinajstić information content (AvgIpc) is 3.00. The van der Waals surface area contributed by atoms with Crippen LogP contribution in [0.25, 0.3) is 0 Å². The van der Waals surface area contributed by atoms with E-state index in [9.17, 15) is 0 Å². The van der Waals surface area contributed by atoms with Crippen LogP contribution < -0.4 is 0 Å². The Hall–Kier alpha value is -0.240. The maximum Gasteiger partial charge on any atom is 0.0835 e. The van der Waals surface area contributed by atoms with Crippen LogP contribution in [-0.4, -0.2) is 79.1 Å². The van der Waals surface area contributed by atoms with Crippen molar-refractivity contribution in [2.24, 2.45) is 0 Å². The van der Waals surface area contributed by atoms with Crippen molar-refractivity contribution in [2.45, 2.75) is 46.3 Å². The summed E-state index contributed by atoms with van der Waals surface area (Å²) < 4.78 is 20.8. The third-order valence-electron chi connectivity index (χ3n) is 2.40.